The molecule has 1 aromatic rings. The zero-order chi connectivity index (χ0) is 9.84. The molecule has 1 N–H and O–H groups in total. The molecule has 0 saturated carbocycles. The van der Waals surface area contributed by atoms with E-state index < -0.39 is 5.97 Å². The van der Waals surface area contributed by atoms with Crippen molar-refractivity contribution < 1.29 is 14.5 Å². The van der Waals surface area contributed by atoms with E-state index in [4.69, 9.17) is 5.11 Å². The van der Waals surface area contributed by atoms with Crippen LogP contribution in [0.2, 0.25) is 0 Å². The van der Waals surface area contributed by atoms with Gasteiger partial charge in [-0.2, -0.15) is 0 Å². The summed E-state index contributed by atoms with van der Waals surface area (Å²) in [5.74, 6) is 0.187. The summed E-state index contributed by atoms with van der Waals surface area (Å²) in [5, 5.41) is 8.60. The Balaban J connectivity index is 2.79. The maximum absolute atomic E-state index is 10.5. The van der Waals surface area contributed by atoms with Crippen molar-refractivity contribution in [3.05, 3.63) is 18.2 Å². The summed E-state index contributed by atoms with van der Waals surface area (Å²) in [6.45, 7) is 5.01. The Hall–Kier alpha value is -1.32. The first-order valence-corrected chi connectivity index (χ1v) is 4.42. The second kappa shape index (κ2) is 4.07. The molecule has 1 aromatic heterocycles. The highest BCUT2D eigenvalue weighted by molar-refractivity contribution is 5.64. The molecule has 0 aliphatic carbocycles. The minimum Gasteiger partial charge on any atom is -0.478 e. The lowest BCUT2D eigenvalue weighted by Gasteiger charge is -1.96. The average Bonchev–Trinajstić information content (AvgIpc) is 2.36. The monoisotopic (exact) mass is 183 g/mol. The third-order valence-electron chi connectivity index (χ3n) is 2.03. The van der Waals surface area contributed by atoms with Crippen LogP contribution < -0.4 is 4.57 Å². The highest BCUT2D eigenvalue weighted by atomic mass is 16.4. The van der Waals surface area contributed by atoms with Crippen molar-refractivity contribution in [2.24, 2.45) is 0 Å². The molecule has 0 aliphatic rings. The van der Waals surface area contributed by atoms with Crippen LogP contribution in [0.4, 0.5) is 0 Å². The first-order chi connectivity index (χ1) is 6.15. The Morgan fingerprint density at radius 1 is 1.69 bits per heavy atom. The zero-order valence-corrected chi connectivity index (χ0v) is 8.03. The van der Waals surface area contributed by atoms with Crippen molar-refractivity contribution in [2.45, 2.75) is 33.4 Å². The minimum atomic E-state index is -0.803. The van der Waals surface area contributed by atoms with Crippen molar-refractivity contribution in [1.82, 2.24) is 4.57 Å². The summed E-state index contributed by atoms with van der Waals surface area (Å²) in [7, 11) is 0. The van der Waals surface area contributed by atoms with Crippen molar-refractivity contribution >= 4 is 5.97 Å². The zero-order valence-electron chi connectivity index (χ0n) is 8.03. The van der Waals surface area contributed by atoms with Gasteiger partial charge in [0, 0.05) is 6.92 Å². The highest BCUT2D eigenvalue weighted by Crippen LogP contribution is 1.95. The van der Waals surface area contributed by atoms with Crippen molar-refractivity contribution in [3.63, 3.8) is 0 Å². The van der Waals surface area contributed by atoms with Crippen molar-refractivity contribution in [3.8, 4) is 0 Å². The second-order valence-electron chi connectivity index (χ2n) is 3.06. The Kier molecular flexibility index (Phi) is 3.06. The van der Waals surface area contributed by atoms with Crippen LogP contribution in [-0.2, 0) is 17.9 Å². The quantitative estimate of drug-likeness (QED) is 0.694. The Morgan fingerprint density at radius 3 is 2.92 bits per heavy atom. The Labute approximate surface area is 77.4 Å². The maximum atomic E-state index is 10.5. The van der Waals surface area contributed by atoms with Gasteiger partial charge in [-0.25, -0.2) is 13.9 Å². The van der Waals surface area contributed by atoms with E-state index in [1.54, 1.807) is 10.8 Å². The molecule has 0 saturated heterocycles. The number of aromatic nitrogens is 2. The summed E-state index contributed by atoms with van der Waals surface area (Å²) in [5.41, 5.74) is 0. The fourth-order valence-corrected chi connectivity index (χ4v) is 1.33. The van der Waals surface area contributed by atoms with Gasteiger partial charge in [0.15, 0.2) is 6.54 Å². The van der Waals surface area contributed by atoms with E-state index in [-0.39, 0.29) is 6.54 Å². The van der Waals surface area contributed by atoms with Crippen LogP contribution in [-0.4, -0.2) is 15.6 Å². The molecule has 72 valence electrons. The topological polar surface area (TPSA) is 46.1 Å². The predicted molar refractivity (Wildman–Crippen MR) is 47.3 cm³/mol. The number of hydrogen-bond donors (Lipinski definition) is 1. The van der Waals surface area contributed by atoms with Crippen LogP contribution in [0, 0.1) is 6.92 Å². The van der Waals surface area contributed by atoms with Crippen molar-refractivity contribution in [1.29, 1.82) is 0 Å². The SMILES string of the molecule is CCCn1cc[n+](CC(=O)O)c1C. The second-order valence-corrected chi connectivity index (χ2v) is 3.06. The van der Waals surface area contributed by atoms with Crippen LogP contribution in [0.3, 0.4) is 0 Å². The molecular weight excluding hydrogens is 168 g/mol. The predicted octanol–water partition coefficient (Wildman–Crippen LogP) is 0.579. The summed E-state index contributed by atoms with van der Waals surface area (Å²) in [4.78, 5) is 10.5. The fourth-order valence-electron chi connectivity index (χ4n) is 1.33. The van der Waals surface area contributed by atoms with Gasteiger partial charge in [0.05, 0.1) is 6.54 Å². The molecule has 1 rings (SSSR count). The highest BCUT2D eigenvalue weighted by Gasteiger charge is 2.13. The number of aliphatic carboxylic acids is 1. The molecule has 0 fully saturated rings. The average molecular weight is 183 g/mol. The van der Waals surface area contributed by atoms with E-state index in [9.17, 15) is 4.79 Å². The van der Waals surface area contributed by atoms with E-state index in [1.807, 2.05) is 13.1 Å². The normalized spacial score (nSPS) is 10.3. The maximum Gasteiger partial charge on any atom is 0.346 e. The molecule has 0 unspecified atom stereocenters. The van der Waals surface area contributed by atoms with E-state index in [0.717, 1.165) is 18.8 Å². The van der Waals surface area contributed by atoms with E-state index in [1.165, 1.54) is 0 Å². The number of nitrogens with zero attached hydrogens (tertiary/aromatic N) is 2. The van der Waals surface area contributed by atoms with Crippen LogP contribution in [0.25, 0.3) is 0 Å². The summed E-state index contributed by atoms with van der Waals surface area (Å²) in [6, 6.07) is 0. The summed E-state index contributed by atoms with van der Waals surface area (Å²) in [6.07, 6.45) is 4.78. The molecule has 0 radical (unpaired) electrons. The lowest BCUT2D eigenvalue weighted by atomic mass is 10.4. The molecule has 4 heteroatoms. The van der Waals surface area contributed by atoms with Crippen LogP contribution in [0.1, 0.15) is 19.2 Å². The third-order valence-corrected chi connectivity index (χ3v) is 2.03. The largest absolute Gasteiger partial charge is 0.478 e. The smallest absolute Gasteiger partial charge is 0.346 e. The van der Waals surface area contributed by atoms with Crippen LogP contribution >= 0.6 is 0 Å². The van der Waals surface area contributed by atoms with E-state index >= 15 is 0 Å². The van der Waals surface area contributed by atoms with Crippen molar-refractivity contribution in [2.75, 3.05) is 0 Å². The van der Waals surface area contributed by atoms with Gasteiger partial charge in [-0.05, 0) is 6.42 Å². The van der Waals surface area contributed by atoms with Gasteiger partial charge in [-0.15, -0.1) is 0 Å². The molecular formula is C9H15N2O2+. The molecule has 0 amide bonds. The molecule has 13 heavy (non-hydrogen) atoms. The summed E-state index contributed by atoms with van der Waals surface area (Å²) < 4.78 is 3.79. The number of rotatable bonds is 4. The molecule has 0 aromatic carbocycles. The number of carboxylic acid groups (broad SMARTS) is 1. The summed E-state index contributed by atoms with van der Waals surface area (Å²) >= 11 is 0. The fraction of sp³-hybridized carbons (Fsp3) is 0.556. The van der Waals surface area contributed by atoms with Gasteiger partial charge in [0.1, 0.15) is 12.4 Å². The molecule has 0 spiro atoms. The molecule has 0 atom stereocenters. The Bertz CT molecular complexity index is 305. The van der Waals surface area contributed by atoms with Gasteiger partial charge in [-0.1, -0.05) is 6.92 Å². The van der Waals surface area contributed by atoms with Gasteiger partial charge in [-0.3, -0.25) is 0 Å². The first-order valence-electron chi connectivity index (χ1n) is 4.42. The van der Waals surface area contributed by atoms with Crippen LogP contribution in [0.15, 0.2) is 12.4 Å². The number of imidazole rings is 1. The van der Waals surface area contributed by atoms with E-state index in [2.05, 4.69) is 11.5 Å². The Morgan fingerprint density at radius 2 is 2.38 bits per heavy atom. The molecule has 4 nitrogen and oxygen atoms in total. The molecule has 0 bridgehead atoms. The third kappa shape index (κ3) is 2.31. The number of hydrogen-bond acceptors (Lipinski definition) is 1. The van der Waals surface area contributed by atoms with Gasteiger partial charge in [0.2, 0.25) is 0 Å². The molecule has 0 aliphatic heterocycles. The molecule has 1 heterocycles. The van der Waals surface area contributed by atoms with Crippen LogP contribution in [0.5, 0.6) is 0 Å². The number of aryl methyl sites for hydroxylation is 1. The lowest BCUT2D eigenvalue weighted by Crippen LogP contribution is -2.39. The lowest BCUT2D eigenvalue weighted by molar-refractivity contribution is -0.691. The standard InChI is InChI=1S/C9H14N2O2/c1-3-4-10-5-6-11(8(10)2)7-9(12)13/h5-6H,3-4,7H2,1-2H3/p+1. The van der Waals surface area contributed by atoms with E-state index in [0.29, 0.717) is 0 Å². The van der Waals surface area contributed by atoms with Gasteiger partial charge < -0.3 is 5.11 Å². The number of carboxylic acids is 1. The first kappa shape index (κ1) is 9.77. The number of carbonyl (C=O) groups is 1. The minimum absolute atomic E-state index is 0.0442. The van der Waals surface area contributed by atoms with Gasteiger partial charge in [0.25, 0.3) is 5.82 Å². The van der Waals surface area contributed by atoms with Gasteiger partial charge >= 0.3 is 5.97 Å².